The summed E-state index contributed by atoms with van der Waals surface area (Å²) in [5.41, 5.74) is 16.1. The highest BCUT2D eigenvalue weighted by Crippen LogP contribution is 2.02. The first kappa shape index (κ1) is 19.0. The molecule has 10 N–H and O–H groups in total. The van der Waals surface area contributed by atoms with Gasteiger partial charge in [0.25, 0.3) is 0 Å². The number of aromatic amines is 2. The first-order valence-corrected chi connectivity index (χ1v) is 8.91. The first-order valence-electron chi connectivity index (χ1n) is 8.91. The van der Waals surface area contributed by atoms with Gasteiger partial charge in [-0.1, -0.05) is 18.2 Å². The summed E-state index contributed by atoms with van der Waals surface area (Å²) in [6.45, 7) is 2.41. The van der Waals surface area contributed by atoms with Gasteiger partial charge in [-0.2, -0.15) is 0 Å². The van der Waals surface area contributed by atoms with Crippen molar-refractivity contribution in [3.8, 4) is 0 Å². The van der Waals surface area contributed by atoms with Gasteiger partial charge < -0.3 is 9.97 Å². The van der Waals surface area contributed by atoms with Crippen molar-refractivity contribution in [1.29, 1.82) is 0 Å². The van der Waals surface area contributed by atoms with E-state index >= 15 is 0 Å². The molecular formula is C18H26N10+2. The van der Waals surface area contributed by atoms with Gasteiger partial charge in [0.1, 0.15) is 13.1 Å². The molecule has 10 nitrogen and oxygen atoms in total. The number of hydrogen-bond acceptors (Lipinski definition) is 2. The Morgan fingerprint density at radius 2 is 1.36 bits per heavy atom. The Kier molecular flexibility index (Phi) is 6.61. The number of nitrogens with one attached hydrogen (secondary N) is 6. The third kappa shape index (κ3) is 6.16. The molecule has 146 valence electrons. The van der Waals surface area contributed by atoms with Gasteiger partial charge in [0.2, 0.25) is 0 Å². The van der Waals surface area contributed by atoms with E-state index in [0.29, 0.717) is 38.1 Å². The molecule has 0 radical (unpaired) electrons. The van der Waals surface area contributed by atoms with Crippen molar-refractivity contribution in [3.05, 3.63) is 71.8 Å². The topological polar surface area (TPSA) is 161 Å². The standard InChI is InChI=1S/C18H24N10/c19-17(25-9-15-7-21-11-27-15)23-5-13-2-1-3-14(4-13)6-24-18(20)26-10-16-8-22-12-28-16/h1-4,7-8,11-12H,5-6,9-10H2,(H,21,27)(H,22,28)(H3,19,23,25)(H3,20,24,26)/p+2. The van der Waals surface area contributed by atoms with Crippen LogP contribution < -0.4 is 32.1 Å². The molecule has 0 unspecified atom stereocenters. The van der Waals surface area contributed by atoms with E-state index in [2.05, 4.69) is 46.6 Å². The van der Waals surface area contributed by atoms with Crippen molar-refractivity contribution in [1.82, 2.24) is 30.6 Å². The summed E-state index contributed by atoms with van der Waals surface area (Å²) in [5, 5.41) is 6.20. The highest BCUT2D eigenvalue weighted by atomic mass is 15.1. The van der Waals surface area contributed by atoms with Crippen molar-refractivity contribution in [3.63, 3.8) is 0 Å². The monoisotopic (exact) mass is 382 g/mol. The van der Waals surface area contributed by atoms with Crippen LogP contribution in [0.3, 0.4) is 0 Å². The third-order valence-electron chi connectivity index (χ3n) is 4.01. The number of H-pyrrole nitrogens is 2. The molecule has 0 saturated carbocycles. The number of hydrogen-bond donors (Lipinski definition) is 8. The Balaban J connectivity index is 1.47. The number of rotatable bonds is 8. The summed E-state index contributed by atoms with van der Waals surface area (Å²) in [6.07, 6.45) is 6.78. The van der Waals surface area contributed by atoms with Crippen LogP contribution in [-0.2, 0) is 26.2 Å². The van der Waals surface area contributed by atoms with Crippen LogP contribution in [-0.4, -0.2) is 31.9 Å². The maximum atomic E-state index is 5.96. The quantitative estimate of drug-likeness (QED) is 0.149. The van der Waals surface area contributed by atoms with Gasteiger partial charge in [0.05, 0.1) is 49.5 Å². The number of imidazole rings is 2. The normalized spacial score (nSPS) is 12.1. The third-order valence-corrected chi connectivity index (χ3v) is 4.01. The van der Waals surface area contributed by atoms with Crippen LogP contribution in [0.5, 0.6) is 0 Å². The molecule has 10 heteroatoms. The largest absolute Gasteiger partial charge is 0.346 e. The van der Waals surface area contributed by atoms with Gasteiger partial charge in [-0.25, -0.2) is 9.97 Å². The van der Waals surface area contributed by atoms with E-state index in [1.54, 1.807) is 25.0 Å². The van der Waals surface area contributed by atoms with Crippen LogP contribution in [0.4, 0.5) is 0 Å². The lowest BCUT2D eigenvalue weighted by Crippen LogP contribution is -2.77. The molecule has 0 aliphatic heterocycles. The zero-order valence-electron chi connectivity index (χ0n) is 15.5. The maximum Gasteiger partial charge on any atom is 0.341 e. The molecule has 0 spiro atoms. The molecular weight excluding hydrogens is 356 g/mol. The Bertz CT molecular complexity index is 825. The van der Waals surface area contributed by atoms with Crippen LogP contribution in [0.15, 0.2) is 49.3 Å². The Labute approximate surface area is 162 Å². The minimum atomic E-state index is 0.513. The summed E-state index contributed by atoms with van der Waals surface area (Å²) in [4.78, 5) is 20.3. The predicted octanol–water partition coefficient (Wildman–Crippen LogP) is -3.50. The van der Waals surface area contributed by atoms with Crippen LogP contribution in [0.25, 0.3) is 0 Å². The van der Waals surface area contributed by atoms with Crippen LogP contribution in [0.1, 0.15) is 22.5 Å². The minimum absolute atomic E-state index is 0.513. The van der Waals surface area contributed by atoms with Gasteiger partial charge in [-0.15, -0.1) is 0 Å². The lowest BCUT2D eigenvalue weighted by molar-refractivity contribution is -0.479. The van der Waals surface area contributed by atoms with Gasteiger partial charge in [0.15, 0.2) is 0 Å². The van der Waals surface area contributed by atoms with E-state index in [9.17, 15) is 0 Å². The van der Waals surface area contributed by atoms with Crippen molar-refractivity contribution in [2.24, 2.45) is 11.5 Å². The average molecular weight is 382 g/mol. The Hall–Kier alpha value is -3.82. The number of benzene rings is 1. The summed E-state index contributed by atoms with van der Waals surface area (Å²) in [6, 6.07) is 8.20. The maximum absolute atomic E-state index is 5.96. The van der Waals surface area contributed by atoms with Crippen molar-refractivity contribution >= 4 is 11.9 Å². The van der Waals surface area contributed by atoms with E-state index in [4.69, 9.17) is 11.5 Å². The second-order valence-corrected chi connectivity index (χ2v) is 6.22. The molecule has 2 aromatic heterocycles. The zero-order chi connectivity index (χ0) is 19.6. The molecule has 2 heterocycles. The number of nitrogens with two attached hydrogens (primary N) is 2. The fraction of sp³-hybridized carbons (Fsp3) is 0.222. The van der Waals surface area contributed by atoms with Gasteiger partial charge in [-0.3, -0.25) is 32.1 Å². The van der Waals surface area contributed by atoms with E-state index in [0.717, 1.165) is 22.5 Å². The molecule has 0 bridgehead atoms. The summed E-state index contributed by atoms with van der Waals surface area (Å²) in [5.74, 6) is 1.03. The highest BCUT2D eigenvalue weighted by molar-refractivity contribution is 5.71. The van der Waals surface area contributed by atoms with Crippen LogP contribution in [0, 0.1) is 0 Å². The zero-order valence-corrected chi connectivity index (χ0v) is 15.5. The Morgan fingerprint density at radius 3 is 1.79 bits per heavy atom. The average Bonchev–Trinajstić information content (AvgIpc) is 3.42. The SMILES string of the molecule is NC(NCc1cnc[nH]1)=[NH+]Cc1cccc(C[NH+]=C(N)NCc2cnc[nH]2)c1. The minimum Gasteiger partial charge on any atom is -0.346 e. The molecule has 0 aliphatic carbocycles. The van der Waals surface area contributed by atoms with Crippen LogP contribution >= 0.6 is 0 Å². The fourth-order valence-corrected chi connectivity index (χ4v) is 2.51. The van der Waals surface area contributed by atoms with E-state index in [1.807, 2.05) is 18.2 Å². The molecule has 0 atom stereocenters. The molecule has 0 amide bonds. The number of guanidine groups is 2. The molecule has 3 aromatic rings. The number of aromatic nitrogens is 4. The fourth-order valence-electron chi connectivity index (χ4n) is 2.51. The molecule has 0 fully saturated rings. The van der Waals surface area contributed by atoms with Gasteiger partial charge >= 0.3 is 11.9 Å². The second-order valence-electron chi connectivity index (χ2n) is 6.22. The van der Waals surface area contributed by atoms with E-state index in [-0.39, 0.29) is 0 Å². The smallest absolute Gasteiger partial charge is 0.341 e. The number of nitrogens with zero attached hydrogens (tertiary/aromatic N) is 2. The van der Waals surface area contributed by atoms with E-state index < -0.39 is 0 Å². The second kappa shape index (κ2) is 9.76. The first-order chi connectivity index (χ1) is 13.7. The molecule has 0 saturated heterocycles. The Morgan fingerprint density at radius 1 is 0.857 bits per heavy atom. The van der Waals surface area contributed by atoms with Crippen molar-refractivity contribution in [2.45, 2.75) is 26.2 Å². The highest BCUT2D eigenvalue weighted by Gasteiger charge is 2.03. The molecule has 1 aromatic carbocycles. The van der Waals surface area contributed by atoms with Crippen molar-refractivity contribution in [2.75, 3.05) is 0 Å². The summed E-state index contributed by atoms with van der Waals surface area (Å²) in [7, 11) is 0. The summed E-state index contributed by atoms with van der Waals surface area (Å²) < 4.78 is 0. The molecule has 28 heavy (non-hydrogen) atoms. The lowest BCUT2D eigenvalue weighted by atomic mass is 10.1. The van der Waals surface area contributed by atoms with Gasteiger partial charge in [-0.05, 0) is 17.2 Å². The van der Waals surface area contributed by atoms with Crippen molar-refractivity contribution < 1.29 is 9.98 Å². The van der Waals surface area contributed by atoms with Crippen LogP contribution in [0.2, 0.25) is 0 Å². The molecule has 0 aliphatic rings. The van der Waals surface area contributed by atoms with Gasteiger partial charge in [0, 0.05) is 0 Å². The molecule has 3 rings (SSSR count). The van der Waals surface area contributed by atoms with E-state index in [1.165, 1.54) is 0 Å². The summed E-state index contributed by atoms with van der Waals surface area (Å²) >= 11 is 0. The predicted molar refractivity (Wildman–Crippen MR) is 105 cm³/mol. The lowest BCUT2D eigenvalue weighted by Gasteiger charge is -2.02.